The lowest BCUT2D eigenvalue weighted by Gasteiger charge is -2.16. The van der Waals surface area contributed by atoms with Gasteiger partial charge in [-0.3, -0.25) is 9.89 Å². The van der Waals surface area contributed by atoms with Gasteiger partial charge < -0.3 is 10.0 Å². The summed E-state index contributed by atoms with van der Waals surface area (Å²) in [5.41, 5.74) is 2.61. The van der Waals surface area contributed by atoms with Crippen molar-refractivity contribution >= 4 is 27.6 Å². The normalized spacial score (nSPS) is 13.0. The van der Waals surface area contributed by atoms with Crippen LogP contribution in [0.2, 0.25) is 0 Å². The van der Waals surface area contributed by atoms with Crippen LogP contribution in [0.1, 0.15) is 16.1 Å². The highest BCUT2D eigenvalue weighted by molar-refractivity contribution is 7.92. The number of H-pyrrole nitrogens is 1. The molecule has 0 saturated heterocycles. The summed E-state index contributed by atoms with van der Waals surface area (Å²) < 4.78 is 27.7. The molecule has 5 rings (SSSR count). The van der Waals surface area contributed by atoms with E-state index in [4.69, 9.17) is 0 Å². The number of aromatic nitrogens is 4. The first-order chi connectivity index (χ1) is 15.9. The zero-order chi connectivity index (χ0) is 23.0. The van der Waals surface area contributed by atoms with E-state index in [9.17, 15) is 18.3 Å². The number of anilines is 2. The van der Waals surface area contributed by atoms with Crippen molar-refractivity contribution in [2.75, 3.05) is 16.2 Å². The lowest BCUT2D eigenvalue weighted by atomic mass is 10.1. The number of carbonyl (C=O) groups excluding carboxylic acids is 1. The van der Waals surface area contributed by atoms with Gasteiger partial charge in [-0.15, -0.1) is 0 Å². The quantitative estimate of drug-likeness (QED) is 0.414. The van der Waals surface area contributed by atoms with Crippen molar-refractivity contribution in [3.63, 3.8) is 0 Å². The number of nitrogens with zero attached hydrogens (tertiary/aromatic N) is 4. The second-order valence-electron chi connectivity index (χ2n) is 7.36. The van der Waals surface area contributed by atoms with Gasteiger partial charge in [0.15, 0.2) is 5.69 Å². The van der Waals surface area contributed by atoms with Crippen LogP contribution in [0.15, 0.2) is 71.9 Å². The maximum absolute atomic E-state index is 13.1. The average molecular weight is 462 g/mol. The Kier molecular flexibility index (Phi) is 5.02. The number of rotatable bonds is 5. The fourth-order valence-corrected chi connectivity index (χ4v) is 4.70. The minimum atomic E-state index is -3.88. The first kappa shape index (κ1) is 20.6. The number of aromatic amines is 1. The van der Waals surface area contributed by atoms with Crippen LogP contribution in [0.5, 0.6) is 5.75 Å². The zero-order valence-corrected chi connectivity index (χ0v) is 18.0. The molecule has 11 heteroatoms. The highest BCUT2D eigenvalue weighted by atomic mass is 32.2. The predicted octanol–water partition coefficient (Wildman–Crippen LogP) is 2.58. The van der Waals surface area contributed by atoms with Gasteiger partial charge in [0.1, 0.15) is 5.75 Å². The minimum Gasteiger partial charge on any atom is -0.507 e. The Morgan fingerprint density at radius 1 is 1.06 bits per heavy atom. The molecule has 33 heavy (non-hydrogen) atoms. The number of hydrogen-bond acceptors (Lipinski definition) is 7. The second kappa shape index (κ2) is 8.02. The molecular formula is C22H18N6O4S. The molecule has 0 spiro atoms. The number of fused-ring (bicyclic) bond motifs is 1. The van der Waals surface area contributed by atoms with Crippen LogP contribution >= 0.6 is 0 Å². The van der Waals surface area contributed by atoms with Crippen LogP contribution in [0.25, 0.3) is 11.3 Å². The second-order valence-corrected chi connectivity index (χ2v) is 9.04. The predicted molar refractivity (Wildman–Crippen MR) is 120 cm³/mol. The van der Waals surface area contributed by atoms with Gasteiger partial charge in [0.05, 0.1) is 10.6 Å². The van der Waals surface area contributed by atoms with Gasteiger partial charge in [-0.05, 0) is 54.4 Å². The number of nitrogens with one attached hydrogen (secondary N) is 2. The van der Waals surface area contributed by atoms with Gasteiger partial charge in [-0.2, -0.15) is 5.10 Å². The molecule has 0 unspecified atom stereocenters. The van der Waals surface area contributed by atoms with E-state index in [2.05, 4.69) is 24.9 Å². The van der Waals surface area contributed by atoms with Crippen molar-refractivity contribution in [1.82, 2.24) is 20.2 Å². The number of phenols is 1. The SMILES string of the molecule is O=C(c1cc(-c2ccccc2O)[nH]n1)N1CCc2cc(S(=O)(=O)Nc3ncccn3)ccc21. The number of carbonyl (C=O) groups is 1. The molecule has 0 aliphatic carbocycles. The fraction of sp³-hybridized carbons (Fsp3) is 0.0909. The van der Waals surface area contributed by atoms with Gasteiger partial charge in [0, 0.05) is 30.2 Å². The number of benzene rings is 2. The molecule has 3 heterocycles. The average Bonchev–Trinajstić information content (AvgIpc) is 3.46. The van der Waals surface area contributed by atoms with Crippen LogP contribution < -0.4 is 9.62 Å². The lowest BCUT2D eigenvalue weighted by molar-refractivity contribution is 0.0984. The topological polar surface area (TPSA) is 141 Å². The lowest BCUT2D eigenvalue weighted by Crippen LogP contribution is -2.29. The number of amides is 1. The van der Waals surface area contributed by atoms with E-state index >= 15 is 0 Å². The molecule has 1 aliphatic heterocycles. The Bertz CT molecular complexity index is 1450. The van der Waals surface area contributed by atoms with Crippen LogP contribution in [-0.2, 0) is 16.4 Å². The zero-order valence-electron chi connectivity index (χ0n) is 17.1. The van der Waals surface area contributed by atoms with E-state index in [0.717, 1.165) is 5.56 Å². The molecule has 0 radical (unpaired) electrons. The number of para-hydroxylation sites is 1. The summed E-state index contributed by atoms with van der Waals surface area (Å²) in [6, 6.07) is 14.5. The summed E-state index contributed by atoms with van der Waals surface area (Å²) in [6.07, 6.45) is 3.39. The van der Waals surface area contributed by atoms with E-state index in [0.29, 0.717) is 29.9 Å². The standard InChI is InChI=1S/C22H18N6O4S/c29-20-5-2-1-4-16(20)17-13-18(26-25-17)21(30)28-11-8-14-12-15(6-7-19(14)28)33(31,32)27-22-23-9-3-10-24-22/h1-7,9-10,12-13,29H,8,11H2,(H,25,26)(H,23,24,27). The Morgan fingerprint density at radius 3 is 2.64 bits per heavy atom. The number of hydrogen-bond donors (Lipinski definition) is 3. The Hall–Kier alpha value is -4.25. The van der Waals surface area contributed by atoms with Crippen molar-refractivity contribution < 1.29 is 18.3 Å². The Labute approximate surface area is 189 Å². The number of sulfonamides is 1. The molecular weight excluding hydrogens is 444 g/mol. The smallest absolute Gasteiger partial charge is 0.278 e. The van der Waals surface area contributed by atoms with E-state index in [1.54, 1.807) is 53.4 Å². The first-order valence-corrected chi connectivity index (χ1v) is 11.5. The third-order valence-corrected chi connectivity index (χ3v) is 6.61. The van der Waals surface area contributed by atoms with Gasteiger partial charge in [0.25, 0.3) is 15.9 Å². The molecule has 10 nitrogen and oxygen atoms in total. The van der Waals surface area contributed by atoms with E-state index < -0.39 is 10.0 Å². The van der Waals surface area contributed by atoms with Crippen LogP contribution in [0, 0.1) is 0 Å². The van der Waals surface area contributed by atoms with E-state index in [1.165, 1.54) is 18.5 Å². The van der Waals surface area contributed by atoms with Crippen molar-refractivity contribution in [1.29, 1.82) is 0 Å². The summed E-state index contributed by atoms with van der Waals surface area (Å²) in [5.74, 6) is -0.262. The summed E-state index contributed by atoms with van der Waals surface area (Å²) >= 11 is 0. The van der Waals surface area contributed by atoms with Gasteiger partial charge in [0.2, 0.25) is 5.95 Å². The Morgan fingerprint density at radius 2 is 1.85 bits per heavy atom. The summed E-state index contributed by atoms with van der Waals surface area (Å²) in [6.45, 7) is 0.395. The summed E-state index contributed by atoms with van der Waals surface area (Å²) in [4.78, 5) is 22.5. The highest BCUT2D eigenvalue weighted by Crippen LogP contribution is 2.33. The number of phenolic OH excluding ortho intramolecular Hbond substituents is 1. The molecule has 4 aromatic rings. The molecule has 1 aliphatic rings. The first-order valence-electron chi connectivity index (χ1n) is 10.0. The third-order valence-electron chi connectivity index (χ3n) is 5.28. The Balaban J connectivity index is 1.38. The van der Waals surface area contributed by atoms with Crippen LogP contribution in [0.4, 0.5) is 11.6 Å². The highest BCUT2D eigenvalue weighted by Gasteiger charge is 2.29. The van der Waals surface area contributed by atoms with E-state index in [-0.39, 0.29) is 28.2 Å². The van der Waals surface area contributed by atoms with Crippen molar-refractivity contribution in [3.05, 3.63) is 78.2 Å². The monoisotopic (exact) mass is 462 g/mol. The van der Waals surface area contributed by atoms with Gasteiger partial charge >= 0.3 is 0 Å². The molecule has 0 bridgehead atoms. The van der Waals surface area contributed by atoms with Crippen molar-refractivity contribution in [3.8, 4) is 17.0 Å². The summed E-state index contributed by atoms with van der Waals surface area (Å²) in [5, 5.41) is 16.9. The third kappa shape index (κ3) is 3.89. The van der Waals surface area contributed by atoms with Crippen LogP contribution in [0.3, 0.4) is 0 Å². The maximum atomic E-state index is 13.1. The summed E-state index contributed by atoms with van der Waals surface area (Å²) in [7, 11) is -3.88. The van der Waals surface area contributed by atoms with Crippen LogP contribution in [-0.4, -0.2) is 46.1 Å². The molecule has 3 N–H and O–H groups in total. The molecule has 0 saturated carbocycles. The molecule has 2 aromatic heterocycles. The molecule has 1 amide bonds. The minimum absolute atomic E-state index is 0.0198. The molecule has 0 fully saturated rings. The maximum Gasteiger partial charge on any atom is 0.278 e. The van der Waals surface area contributed by atoms with Gasteiger partial charge in [-0.1, -0.05) is 12.1 Å². The van der Waals surface area contributed by atoms with Crippen molar-refractivity contribution in [2.24, 2.45) is 0 Å². The molecule has 2 aromatic carbocycles. The van der Waals surface area contributed by atoms with Crippen molar-refractivity contribution in [2.45, 2.75) is 11.3 Å². The largest absolute Gasteiger partial charge is 0.507 e. The van der Waals surface area contributed by atoms with Gasteiger partial charge in [-0.25, -0.2) is 23.1 Å². The number of aromatic hydroxyl groups is 1. The van der Waals surface area contributed by atoms with E-state index in [1.807, 2.05) is 0 Å². The molecule has 166 valence electrons. The fourth-order valence-electron chi connectivity index (χ4n) is 3.70. The molecule has 0 atom stereocenters.